The quantitative estimate of drug-likeness (QED) is 0.473. The van der Waals surface area contributed by atoms with Crippen LogP contribution < -0.4 is 9.62 Å². The van der Waals surface area contributed by atoms with Crippen molar-refractivity contribution < 1.29 is 18.0 Å². The number of benzene rings is 2. The number of carbonyl (C=O) groups excluding carboxylic acids is 2. The molecule has 0 unspecified atom stereocenters. The van der Waals surface area contributed by atoms with Crippen LogP contribution in [0.2, 0.25) is 5.02 Å². The highest BCUT2D eigenvalue weighted by molar-refractivity contribution is 7.92. The normalized spacial score (nSPS) is 12.1. The first-order valence-corrected chi connectivity index (χ1v) is 13.7. The summed E-state index contributed by atoms with van der Waals surface area (Å²) in [5.74, 6) is -0.673. The third kappa shape index (κ3) is 7.74. The minimum absolute atomic E-state index is 0.237. The molecule has 0 saturated heterocycles. The van der Waals surface area contributed by atoms with Gasteiger partial charge in [0.2, 0.25) is 21.8 Å². The average Bonchev–Trinajstić information content (AvgIpc) is 2.79. The number of rotatable bonds is 12. The second kappa shape index (κ2) is 12.8. The molecule has 1 N–H and O–H groups in total. The molecule has 0 aliphatic carbocycles. The van der Waals surface area contributed by atoms with Crippen molar-refractivity contribution in [3.8, 4) is 0 Å². The van der Waals surface area contributed by atoms with Crippen LogP contribution in [-0.4, -0.2) is 57.1 Å². The Balaban J connectivity index is 2.37. The largest absolute Gasteiger partial charge is 0.354 e. The van der Waals surface area contributed by atoms with Gasteiger partial charge in [0, 0.05) is 18.1 Å². The Labute approximate surface area is 208 Å². The summed E-state index contributed by atoms with van der Waals surface area (Å²) in [6.45, 7) is 5.93. The zero-order valence-corrected chi connectivity index (χ0v) is 21.8. The highest BCUT2D eigenvalue weighted by Gasteiger charge is 2.31. The lowest BCUT2D eigenvalue weighted by molar-refractivity contribution is -0.139. The van der Waals surface area contributed by atoms with Gasteiger partial charge in [-0.2, -0.15) is 0 Å². The molecular weight excluding hydrogens is 474 g/mol. The number of hydrogen-bond acceptors (Lipinski definition) is 4. The first-order chi connectivity index (χ1) is 16.1. The van der Waals surface area contributed by atoms with Crippen LogP contribution in [0.3, 0.4) is 0 Å². The summed E-state index contributed by atoms with van der Waals surface area (Å²) in [4.78, 5) is 28.0. The zero-order valence-electron chi connectivity index (χ0n) is 20.3. The van der Waals surface area contributed by atoms with E-state index in [-0.39, 0.29) is 12.5 Å². The monoisotopic (exact) mass is 507 g/mol. The summed E-state index contributed by atoms with van der Waals surface area (Å²) in [6.07, 6.45) is 2.80. The minimum atomic E-state index is -3.77. The molecule has 0 aliphatic rings. The van der Waals surface area contributed by atoms with Crippen LogP contribution in [0.25, 0.3) is 0 Å². The van der Waals surface area contributed by atoms with Crippen LogP contribution in [0.1, 0.15) is 37.8 Å². The second-order valence-electron chi connectivity index (χ2n) is 8.24. The van der Waals surface area contributed by atoms with Crippen molar-refractivity contribution in [2.75, 3.05) is 30.2 Å². The molecule has 0 aliphatic heterocycles. The summed E-state index contributed by atoms with van der Waals surface area (Å²) in [5.41, 5.74) is 2.04. The van der Waals surface area contributed by atoms with Crippen molar-refractivity contribution in [2.45, 2.75) is 46.1 Å². The summed E-state index contributed by atoms with van der Waals surface area (Å²) in [7, 11) is -3.77. The summed E-state index contributed by atoms with van der Waals surface area (Å²) in [6, 6.07) is 13.8. The SMILES string of the molecule is CCCNC(=O)[C@@H](CC)N(CCc1ccccc1)C(=O)CN(c1ccc(Cl)cc1C)S(C)(=O)=O. The van der Waals surface area contributed by atoms with E-state index in [1.165, 1.54) is 4.90 Å². The van der Waals surface area contributed by atoms with Gasteiger partial charge in [-0.05, 0) is 55.5 Å². The Morgan fingerprint density at radius 2 is 1.76 bits per heavy atom. The van der Waals surface area contributed by atoms with Crippen LogP contribution in [0.5, 0.6) is 0 Å². The number of amides is 2. The predicted molar refractivity (Wildman–Crippen MR) is 138 cm³/mol. The first-order valence-electron chi connectivity index (χ1n) is 11.4. The fourth-order valence-corrected chi connectivity index (χ4v) is 4.89. The van der Waals surface area contributed by atoms with E-state index in [0.717, 1.165) is 22.5 Å². The third-order valence-corrected chi connectivity index (χ3v) is 6.89. The second-order valence-corrected chi connectivity index (χ2v) is 10.6. The van der Waals surface area contributed by atoms with Gasteiger partial charge in [-0.25, -0.2) is 8.42 Å². The van der Waals surface area contributed by atoms with E-state index in [2.05, 4.69) is 5.32 Å². The maximum Gasteiger partial charge on any atom is 0.244 e. The summed E-state index contributed by atoms with van der Waals surface area (Å²) >= 11 is 6.04. The third-order valence-electron chi connectivity index (χ3n) is 5.53. The zero-order chi connectivity index (χ0) is 25.3. The number of nitrogens with one attached hydrogen (secondary N) is 1. The molecule has 0 heterocycles. The molecule has 2 rings (SSSR count). The maximum absolute atomic E-state index is 13.6. The van der Waals surface area contributed by atoms with Crippen LogP contribution in [-0.2, 0) is 26.0 Å². The van der Waals surface area contributed by atoms with E-state index < -0.39 is 28.5 Å². The van der Waals surface area contributed by atoms with E-state index in [1.807, 2.05) is 44.2 Å². The Kier molecular flexibility index (Phi) is 10.4. The molecule has 1 atom stereocenters. The Morgan fingerprint density at radius 3 is 2.32 bits per heavy atom. The Hall–Kier alpha value is -2.58. The fourth-order valence-electron chi connectivity index (χ4n) is 3.76. The van der Waals surface area contributed by atoms with Crippen molar-refractivity contribution in [1.29, 1.82) is 0 Å². The molecule has 186 valence electrons. The van der Waals surface area contributed by atoms with Gasteiger partial charge in [0.05, 0.1) is 11.9 Å². The van der Waals surface area contributed by atoms with Gasteiger partial charge in [-0.1, -0.05) is 55.8 Å². The minimum Gasteiger partial charge on any atom is -0.354 e. The average molecular weight is 508 g/mol. The molecule has 7 nitrogen and oxygen atoms in total. The van der Waals surface area contributed by atoms with E-state index in [9.17, 15) is 18.0 Å². The molecule has 2 aromatic rings. The first kappa shape index (κ1) is 27.7. The van der Waals surface area contributed by atoms with Gasteiger partial charge in [-0.3, -0.25) is 13.9 Å². The molecule has 0 aromatic heterocycles. The fraction of sp³-hybridized carbons (Fsp3) is 0.440. The van der Waals surface area contributed by atoms with E-state index in [4.69, 9.17) is 11.6 Å². The highest BCUT2D eigenvalue weighted by atomic mass is 35.5. The van der Waals surface area contributed by atoms with Gasteiger partial charge < -0.3 is 10.2 Å². The van der Waals surface area contributed by atoms with Crippen molar-refractivity contribution in [3.63, 3.8) is 0 Å². The molecule has 0 radical (unpaired) electrons. The van der Waals surface area contributed by atoms with Crippen molar-refractivity contribution in [3.05, 3.63) is 64.7 Å². The Bertz CT molecular complexity index is 1080. The lowest BCUT2D eigenvalue weighted by Gasteiger charge is -2.33. The van der Waals surface area contributed by atoms with Gasteiger partial charge in [0.1, 0.15) is 12.6 Å². The molecule has 2 amide bonds. The van der Waals surface area contributed by atoms with Gasteiger partial charge >= 0.3 is 0 Å². The number of halogens is 1. The van der Waals surface area contributed by atoms with E-state index in [1.54, 1.807) is 25.1 Å². The number of aryl methyl sites for hydroxylation is 1. The number of carbonyl (C=O) groups is 2. The lowest BCUT2D eigenvalue weighted by atomic mass is 10.1. The molecule has 0 bridgehead atoms. The number of anilines is 1. The predicted octanol–water partition coefficient (Wildman–Crippen LogP) is 3.79. The number of sulfonamides is 1. The van der Waals surface area contributed by atoms with Crippen molar-refractivity contribution in [1.82, 2.24) is 10.2 Å². The van der Waals surface area contributed by atoms with E-state index >= 15 is 0 Å². The van der Waals surface area contributed by atoms with E-state index in [0.29, 0.717) is 35.7 Å². The highest BCUT2D eigenvalue weighted by Crippen LogP contribution is 2.26. The molecule has 0 fully saturated rings. The van der Waals surface area contributed by atoms with Gasteiger partial charge in [-0.15, -0.1) is 0 Å². The molecular formula is C25H34ClN3O4S. The topological polar surface area (TPSA) is 86.8 Å². The van der Waals surface area contributed by atoms with Crippen molar-refractivity contribution >= 4 is 39.1 Å². The summed E-state index contributed by atoms with van der Waals surface area (Å²) < 4.78 is 26.4. The number of hydrogen-bond donors (Lipinski definition) is 1. The maximum atomic E-state index is 13.6. The standard InChI is InChI=1S/C25H34ClN3O4S/c1-5-15-27-25(31)22(6-2)28(16-14-20-10-8-7-9-11-20)24(30)18-29(34(4,32)33)23-13-12-21(26)17-19(23)3/h7-13,17,22H,5-6,14-16,18H2,1-4H3,(H,27,31)/t22-/m1/s1. The molecule has 2 aromatic carbocycles. The van der Waals surface area contributed by atoms with Crippen LogP contribution in [0, 0.1) is 6.92 Å². The molecule has 9 heteroatoms. The molecule has 0 spiro atoms. The van der Waals surface area contributed by atoms with Gasteiger partial charge in [0.15, 0.2) is 0 Å². The molecule has 0 saturated carbocycles. The Morgan fingerprint density at radius 1 is 1.09 bits per heavy atom. The number of nitrogens with zero attached hydrogens (tertiary/aromatic N) is 2. The van der Waals surface area contributed by atoms with Crippen LogP contribution in [0.4, 0.5) is 5.69 Å². The van der Waals surface area contributed by atoms with Crippen molar-refractivity contribution in [2.24, 2.45) is 0 Å². The summed E-state index contributed by atoms with van der Waals surface area (Å²) in [5, 5.41) is 3.34. The smallest absolute Gasteiger partial charge is 0.244 e. The molecule has 34 heavy (non-hydrogen) atoms. The van der Waals surface area contributed by atoms with Gasteiger partial charge in [0.25, 0.3) is 0 Å². The lowest BCUT2D eigenvalue weighted by Crippen LogP contribution is -2.53. The van der Waals surface area contributed by atoms with Crippen LogP contribution >= 0.6 is 11.6 Å². The van der Waals surface area contributed by atoms with Crippen LogP contribution in [0.15, 0.2) is 48.5 Å².